The largest absolute Gasteiger partial charge is 0.396 e. The second-order valence-electron chi connectivity index (χ2n) is 3.38. The van der Waals surface area contributed by atoms with Gasteiger partial charge in [-0.3, -0.25) is 0 Å². The number of thioether (sulfide) groups is 1. The zero-order valence-electron chi connectivity index (χ0n) is 7.84. The molecule has 1 unspecified atom stereocenters. The van der Waals surface area contributed by atoms with Crippen LogP contribution in [0.15, 0.2) is 0 Å². The molecule has 0 aliphatic carbocycles. The molecule has 0 spiro atoms. The zero-order valence-corrected chi connectivity index (χ0v) is 8.66. The van der Waals surface area contributed by atoms with Gasteiger partial charge >= 0.3 is 0 Å². The van der Waals surface area contributed by atoms with Crippen LogP contribution in [0.1, 0.15) is 33.6 Å². The summed E-state index contributed by atoms with van der Waals surface area (Å²) in [6.07, 6.45) is 2.23. The number of hydrogen-bond acceptors (Lipinski definition) is 2. The Morgan fingerprint density at radius 1 is 1.18 bits per heavy atom. The maximum atomic E-state index is 8.63. The highest BCUT2D eigenvalue weighted by Crippen LogP contribution is 2.16. The smallest absolute Gasteiger partial charge is 0.0441 e. The molecule has 2 heteroatoms. The van der Waals surface area contributed by atoms with Crippen molar-refractivity contribution in [2.75, 3.05) is 12.4 Å². The fourth-order valence-corrected chi connectivity index (χ4v) is 2.05. The predicted molar refractivity (Wildman–Crippen MR) is 53.1 cm³/mol. The van der Waals surface area contributed by atoms with Crippen LogP contribution >= 0.6 is 11.8 Å². The Balaban J connectivity index is 3.10. The molecule has 0 saturated carbocycles. The molecule has 0 rings (SSSR count). The lowest BCUT2D eigenvalue weighted by Gasteiger charge is -2.09. The molecule has 0 heterocycles. The van der Waals surface area contributed by atoms with Crippen LogP contribution in [0.4, 0.5) is 0 Å². The van der Waals surface area contributed by atoms with Crippen LogP contribution in [0, 0.1) is 5.92 Å². The summed E-state index contributed by atoms with van der Waals surface area (Å²) in [4.78, 5) is 0. The van der Waals surface area contributed by atoms with Crippen LogP contribution in [0.25, 0.3) is 0 Å². The first-order valence-electron chi connectivity index (χ1n) is 4.39. The molecule has 0 fully saturated rings. The number of rotatable bonds is 6. The van der Waals surface area contributed by atoms with Gasteiger partial charge in [0.05, 0.1) is 0 Å². The summed E-state index contributed by atoms with van der Waals surface area (Å²) >= 11 is 1.97. The van der Waals surface area contributed by atoms with E-state index in [1.165, 1.54) is 12.2 Å². The van der Waals surface area contributed by atoms with E-state index >= 15 is 0 Å². The molecule has 0 saturated heterocycles. The van der Waals surface area contributed by atoms with Gasteiger partial charge in [0.25, 0.3) is 0 Å². The maximum Gasteiger partial charge on any atom is 0.0441 e. The molecule has 0 bridgehead atoms. The molecule has 0 aliphatic rings. The van der Waals surface area contributed by atoms with E-state index < -0.39 is 0 Å². The van der Waals surface area contributed by atoms with Gasteiger partial charge in [-0.05, 0) is 24.5 Å². The van der Waals surface area contributed by atoms with Gasteiger partial charge in [0, 0.05) is 11.9 Å². The number of aliphatic hydroxyl groups is 1. The first kappa shape index (κ1) is 11.3. The van der Waals surface area contributed by atoms with E-state index in [1.54, 1.807) is 0 Å². The van der Waals surface area contributed by atoms with Crippen molar-refractivity contribution in [3.63, 3.8) is 0 Å². The number of hydrogen-bond donors (Lipinski definition) is 1. The van der Waals surface area contributed by atoms with Crippen LogP contribution in [0.5, 0.6) is 0 Å². The van der Waals surface area contributed by atoms with E-state index in [4.69, 9.17) is 5.11 Å². The second kappa shape index (κ2) is 6.99. The summed E-state index contributed by atoms with van der Waals surface area (Å²) in [7, 11) is 0. The van der Waals surface area contributed by atoms with Crippen molar-refractivity contribution < 1.29 is 5.11 Å². The fraction of sp³-hybridized carbons (Fsp3) is 1.00. The lowest BCUT2D eigenvalue weighted by Crippen LogP contribution is -2.01. The van der Waals surface area contributed by atoms with Crippen molar-refractivity contribution in [1.29, 1.82) is 0 Å². The molecule has 0 amide bonds. The van der Waals surface area contributed by atoms with Gasteiger partial charge in [0.15, 0.2) is 0 Å². The molecule has 0 aromatic rings. The van der Waals surface area contributed by atoms with Gasteiger partial charge in [-0.2, -0.15) is 11.8 Å². The normalized spacial score (nSPS) is 13.9. The minimum atomic E-state index is 0.329. The summed E-state index contributed by atoms with van der Waals surface area (Å²) in [6.45, 7) is 7.01. The van der Waals surface area contributed by atoms with E-state index in [2.05, 4.69) is 20.8 Å². The van der Waals surface area contributed by atoms with Crippen molar-refractivity contribution >= 4 is 11.8 Å². The minimum absolute atomic E-state index is 0.329. The van der Waals surface area contributed by atoms with Gasteiger partial charge in [-0.1, -0.05) is 20.8 Å². The monoisotopic (exact) mass is 176 g/mol. The third-order valence-electron chi connectivity index (χ3n) is 1.63. The highest BCUT2D eigenvalue weighted by Gasteiger charge is 2.01. The lowest BCUT2D eigenvalue weighted by atomic mass is 10.2. The first-order valence-corrected chi connectivity index (χ1v) is 5.44. The van der Waals surface area contributed by atoms with Gasteiger partial charge < -0.3 is 5.11 Å². The molecule has 0 radical (unpaired) electrons. The molecule has 0 aliphatic heterocycles. The topological polar surface area (TPSA) is 20.2 Å². The molecule has 1 atom stereocenters. The van der Waals surface area contributed by atoms with Crippen LogP contribution < -0.4 is 0 Å². The van der Waals surface area contributed by atoms with Crippen molar-refractivity contribution in [3.05, 3.63) is 0 Å². The zero-order chi connectivity index (χ0) is 8.69. The third-order valence-corrected chi connectivity index (χ3v) is 2.91. The second-order valence-corrected chi connectivity index (χ2v) is 4.92. The Labute approximate surface area is 74.6 Å². The number of aliphatic hydroxyl groups excluding tert-OH is 1. The van der Waals surface area contributed by atoms with Crippen LogP contribution in [0.2, 0.25) is 0 Å². The van der Waals surface area contributed by atoms with Crippen molar-refractivity contribution in [2.24, 2.45) is 5.92 Å². The molecular weight excluding hydrogens is 156 g/mol. The molecule has 11 heavy (non-hydrogen) atoms. The van der Waals surface area contributed by atoms with E-state index in [1.807, 2.05) is 11.8 Å². The van der Waals surface area contributed by atoms with Crippen molar-refractivity contribution in [2.45, 2.75) is 38.9 Å². The van der Waals surface area contributed by atoms with Gasteiger partial charge in [0.1, 0.15) is 0 Å². The highest BCUT2D eigenvalue weighted by atomic mass is 32.2. The molecule has 68 valence electrons. The molecular formula is C9H20OS. The summed E-state index contributed by atoms with van der Waals surface area (Å²) in [5.74, 6) is 2.04. The summed E-state index contributed by atoms with van der Waals surface area (Å²) in [6, 6.07) is 0. The Bertz CT molecular complexity index is 83.6. The average molecular weight is 176 g/mol. The molecule has 1 nitrogen and oxygen atoms in total. The Morgan fingerprint density at radius 3 is 2.27 bits per heavy atom. The van der Waals surface area contributed by atoms with E-state index in [0.717, 1.165) is 12.3 Å². The van der Waals surface area contributed by atoms with Gasteiger partial charge in [-0.25, -0.2) is 0 Å². The molecule has 1 N–H and O–H groups in total. The predicted octanol–water partition coefficient (Wildman–Crippen LogP) is 2.54. The van der Waals surface area contributed by atoms with E-state index in [9.17, 15) is 0 Å². The third kappa shape index (κ3) is 8.21. The lowest BCUT2D eigenvalue weighted by molar-refractivity contribution is 0.289. The maximum absolute atomic E-state index is 8.63. The van der Waals surface area contributed by atoms with Crippen LogP contribution in [0.3, 0.4) is 0 Å². The van der Waals surface area contributed by atoms with Gasteiger partial charge in [-0.15, -0.1) is 0 Å². The highest BCUT2D eigenvalue weighted by molar-refractivity contribution is 7.99. The molecule has 0 aromatic heterocycles. The van der Waals surface area contributed by atoms with Crippen LogP contribution in [-0.4, -0.2) is 22.7 Å². The minimum Gasteiger partial charge on any atom is -0.396 e. The summed E-state index contributed by atoms with van der Waals surface area (Å²) in [5, 5.41) is 9.26. The Kier molecular flexibility index (Phi) is 7.18. The quantitative estimate of drug-likeness (QED) is 0.671. The van der Waals surface area contributed by atoms with Crippen molar-refractivity contribution in [3.8, 4) is 0 Å². The standard InChI is InChI=1S/C9H20OS/c1-8(2)5-7-11-9(3)4-6-10/h8-10H,4-7H2,1-3H3. The molecule has 0 aromatic carbocycles. The van der Waals surface area contributed by atoms with E-state index in [-0.39, 0.29) is 0 Å². The summed E-state index contributed by atoms with van der Waals surface area (Å²) < 4.78 is 0. The fourth-order valence-electron chi connectivity index (χ4n) is 0.770. The Morgan fingerprint density at radius 2 is 1.82 bits per heavy atom. The first-order chi connectivity index (χ1) is 5.16. The average Bonchev–Trinajstić information content (AvgIpc) is 1.87. The SMILES string of the molecule is CC(C)CCSC(C)CCO. The summed E-state index contributed by atoms with van der Waals surface area (Å²) in [5.41, 5.74) is 0. The van der Waals surface area contributed by atoms with Crippen molar-refractivity contribution in [1.82, 2.24) is 0 Å². The van der Waals surface area contributed by atoms with E-state index in [0.29, 0.717) is 11.9 Å². The van der Waals surface area contributed by atoms with Crippen LogP contribution in [-0.2, 0) is 0 Å². The Hall–Kier alpha value is 0.310. The van der Waals surface area contributed by atoms with Gasteiger partial charge in [0.2, 0.25) is 0 Å².